The predicted molar refractivity (Wildman–Crippen MR) is 455 cm³/mol. The Bertz CT molecular complexity index is 6120. The van der Waals surface area contributed by atoms with E-state index in [9.17, 15) is 48.1 Å². The molecule has 1 amide bonds. The highest BCUT2D eigenvalue weighted by molar-refractivity contribution is 7.32. The Balaban J connectivity index is 0.000000186. The van der Waals surface area contributed by atoms with Gasteiger partial charge >= 0.3 is 8.25 Å². The first-order chi connectivity index (χ1) is 57.9. The number of nitrogens with one attached hydrogen (secondary N) is 3. The van der Waals surface area contributed by atoms with Crippen molar-refractivity contribution < 1.29 is 56.7 Å². The van der Waals surface area contributed by atoms with Crippen LogP contribution < -0.4 is 63.7 Å². The first-order valence-electron chi connectivity index (χ1n) is 39.9. The van der Waals surface area contributed by atoms with Crippen LogP contribution in [-0.2, 0) is 38.9 Å². The zero-order valence-electron chi connectivity index (χ0n) is 71.3. The SMILES string of the molecule is C#C.CC[C@H]1O[C@@H](n2cnc3c(C)nc(C)nc32)[C@@H](N)C1C.CC[C@H]1O[C@@H](n2cnc3c(C)nc(C)nc32)[C@@H](Nc2c(OC)c(=O)c2=O)C1C.COc1c(C)c(=O)c1=O.Cc1nc(C)c2ncn([C@@H]3O[C@H](CO)C(C)[C@@H]3Nc3c(CC[C@H]4O[C@@H](n5cnc6c(NC(=O)c7ccccc7)ncnc65)[C@@H](O[Si](C)(C)C(C)(C)C)C4O[P+](=O)O)c(=O)c3=O)c2n1. The number of amides is 1. The van der Waals surface area contributed by atoms with Gasteiger partial charge < -0.3 is 59.6 Å². The third-order valence-corrected chi connectivity index (χ3v) is 28.5. The van der Waals surface area contributed by atoms with Crippen molar-refractivity contribution in [3.63, 3.8) is 0 Å². The number of anilines is 3. The molecule has 0 spiro atoms. The van der Waals surface area contributed by atoms with Gasteiger partial charge in [-0.25, -0.2) is 59.8 Å². The van der Waals surface area contributed by atoms with E-state index in [4.69, 9.17) is 38.4 Å². The number of aliphatic hydroxyl groups excluding tert-OH is 1. The smallest absolute Gasteiger partial charge is 0.492 e. The largest absolute Gasteiger partial charge is 0.695 e. The standard InChI is InChI=1S/C41H49N10O10PSi.C19H23N5O4.C14H21N5O.C6H6O3.C2H2/c1-20-26(16-52)59-39(51-18-44-28-21(2)46-22(3)47-37(28)51)27(20)48-29-24(31(53)32(29)54)14-15-25-33(60-62(56)57)34(61-63(7,8)41(4,5)6)40(58-25)50-19-45-30-35(42-17-43-36(30)50)49-38(55)23-12-10-9-11-13-23;1-6-11-8(2)12(23-14-15(25)16(26)17(14)27-5)19(28-11)24-7-20-13-9(3)21-10(4)22-18(13)24;1-5-10-7(2)11(15)14(20-10)19-6-16-12-8(3)17-9(4)18-13(12)19;1-3-4(7)5(8)6(3)9-2;1-2/h9-13,17-20,25-27,33-34,39-40,52H,14-16H2,1-8H3,(H2-,42,43,48,49,53,55,56,57);7-8,11-12,19,23H,6H2,1-5H3;6-7,10-11,14H,5,15H2,1-4H3;1-2H3;1-2H/p+1/t20?,25-,26-,27+,33?,34+,39-,40-;8?,11-,12+,19-;7?,10-,11+,14-;;/m111../s1. The molecule has 122 heavy (non-hydrogen) atoms. The number of aliphatic hydroxyl groups is 1. The van der Waals surface area contributed by atoms with Crippen molar-refractivity contribution in [3.05, 3.63) is 175 Å². The van der Waals surface area contributed by atoms with Crippen LogP contribution >= 0.6 is 8.25 Å². The number of imidazole rings is 4. The Morgan fingerprint density at radius 1 is 0.566 bits per heavy atom. The molecule has 7 N–H and O–H groups in total. The molecule has 4 aliphatic rings. The number of methoxy groups -OCH3 is 2. The highest BCUT2D eigenvalue weighted by Gasteiger charge is 2.56. The molecule has 38 nitrogen and oxygen atoms in total. The molecule has 12 heterocycles. The lowest BCUT2D eigenvalue weighted by Crippen LogP contribution is -2.49. The second kappa shape index (κ2) is 36.5. The van der Waals surface area contributed by atoms with E-state index in [0.29, 0.717) is 56.7 Å². The molecule has 0 aliphatic carbocycles. The van der Waals surface area contributed by atoms with Crippen molar-refractivity contribution >= 4 is 84.3 Å². The molecule has 4 fully saturated rings. The molecule has 40 heteroatoms. The summed E-state index contributed by atoms with van der Waals surface area (Å²) >= 11 is 0. The van der Waals surface area contributed by atoms with Gasteiger partial charge in [-0.2, -0.15) is 0 Å². The lowest BCUT2D eigenvalue weighted by atomic mass is 9.94. The number of nitrogens with two attached hydrogens (primary N) is 1. The number of aromatic nitrogens is 16. The summed E-state index contributed by atoms with van der Waals surface area (Å²) in [7, 11) is -3.08. The quantitative estimate of drug-likeness (QED) is 0.0166. The number of benzene rings is 1. The first-order valence-corrected chi connectivity index (χ1v) is 44.0. The van der Waals surface area contributed by atoms with Crippen molar-refractivity contribution in [2.45, 2.75) is 227 Å². The maximum Gasteiger partial charge on any atom is 0.695 e. The summed E-state index contributed by atoms with van der Waals surface area (Å²) < 4.78 is 67.5. The summed E-state index contributed by atoms with van der Waals surface area (Å²) in [6, 6.07) is 7.73. The second-order valence-electron chi connectivity index (χ2n) is 32.2. The van der Waals surface area contributed by atoms with Gasteiger partial charge in [0.1, 0.15) is 52.1 Å². The van der Waals surface area contributed by atoms with E-state index in [1.165, 1.54) is 26.9 Å². The van der Waals surface area contributed by atoms with Crippen molar-refractivity contribution in [2.24, 2.45) is 23.5 Å². The summed E-state index contributed by atoms with van der Waals surface area (Å²) in [5.74, 6) is 2.05. The third kappa shape index (κ3) is 17.1. The van der Waals surface area contributed by atoms with E-state index < -0.39 is 104 Å². The highest BCUT2D eigenvalue weighted by atomic mass is 31.1. The van der Waals surface area contributed by atoms with Gasteiger partial charge in [0.2, 0.25) is 16.3 Å². The van der Waals surface area contributed by atoms with Gasteiger partial charge in [-0.1, -0.05) is 73.6 Å². The number of hydrogen-bond acceptors (Lipinski definition) is 32. The van der Waals surface area contributed by atoms with Crippen LogP contribution in [0.5, 0.6) is 11.5 Å². The van der Waals surface area contributed by atoms with Crippen LogP contribution in [0.1, 0.15) is 156 Å². The highest BCUT2D eigenvalue weighted by Crippen LogP contribution is 2.47. The van der Waals surface area contributed by atoms with E-state index in [1.54, 1.807) is 72.3 Å². The molecule has 0 saturated carbocycles. The topological polar surface area (TPSA) is 487 Å². The minimum atomic E-state index is -3.17. The minimum Gasteiger partial charge on any atom is -0.492 e. The van der Waals surface area contributed by atoms with Crippen LogP contribution in [0.2, 0.25) is 18.1 Å². The molecule has 16 rings (SSSR count). The molecule has 8 aromatic heterocycles. The lowest BCUT2D eigenvalue weighted by Gasteiger charge is -2.40. The Kier molecular flexibility index (Phi) is 26.9. The Morgan fingerprint density at radius 2 is 1.02 bits per heavy atom. The molecule has 0 radical (unpaired) electrons. The van der Waals surface area contributed by atoms with Crippen LogP contribution in [0.4, 0.5) is 17.2 Å². The van der Waals surface area contributed by atoms with Gasteiger partial charge in [0.05, 0.1) is 111 Å². The Morgan fingerprint density at radius 3 is 1.49 bits per heavy atom. The number of fused-ring (bicyclic) bond motifs is 4. The van der Waals surface area contributed by atoms with Crippen LogP contribution in [-0.4, -0.2) is 178 Å². The van der Waals surface area contributed by atoms with Gasteiger partial charge in [-0.05, 0) is 104 Å². The number of nitrogens with zero attached hydrogens (tertiary/aromatic N) is 16. The summed E-state index contributed by atoms with van der Waals surface area (Å²) in [5, 5.41) is 19.3. The number of carbonyl (C=O) groups is 1. The molecule has 5 unspecified atom stereocenters. The number of carbonyl (C=O) groups excluding carboxylic acids is 1. The van der Waals surface area contributed by atoms with Crippen LogP contribution in [0.25, 0.3) is 44.7 Å². The van der Waals surface area contributed by atoms with E-state index in [0.717, 1.165) is 41.2 Å². The summed E-state index contributed by atoms with van der Waals surface area (Å²) in [6.45, 7) is 32.9. The minimum absolute atomic E-state index is 0.0125. The molecule has 646 valence electrons. The lowest BCUT2D eigenvalue weighted by molar-refractivity contribution is -0.0337. The van der Waals surface area contributed by atoms with E-state index >= 15 is 0 Å². The summed E-state index contributed by atoms with van der Waals surface area (Å²) in [6.07, 6.45) is 11.8. The van der Waals surface area contributed by atoms with E-state index in [2.05, 4.69) is 142 Å². The second-order valence-corrected chi connectivity index (χ2v) is 37.7. The van der Waals surface area contributed by atoms with Crippen molar-refractivity contribution in [1.29, 1.82) is 0 Å². The number of hydrogen-bond donors (Lipinski definition) is 6. The van der Waals surface area contributed by atoms with E-state index in [1.807, 2.05) is 63.8 Å². The monoisotopic (exact) mass is 1710 g/mol. The van der Waals surface area contributed by atoms with Gasteiger partial charge in [0.15, 0.2) is 84.8 Å². The molecular formula is C82H102N20O18PSi+. The van der Waals surface area contributed by atoms with Gasteiger partial charge in [-0.3, -0.25) is 51.8 Å². The molecule has 17 atom stereocenters. The fraction of sp³-hybridized carbons (Fsp3) is 0.500. The van der Waals surface area contributed by atoms with Gasteiger partial charge in [0.25, 0.3) is 22.2 Å². The normalized spacial score (nSPS) is 24.0. The van der Waals surface area contributed by atoms with Gasteiger partial charge in [-0.15, -0.1) is 22.3 Å². The number of ether oxygens (including phenoxy) is 6. The summed E-state index contributed by atoms with van der Waals surface area (Å²) in [5.41, 5.74) is 11.3. The fourth-order valence-corrected chi connectivity index (χ4v) is 17.6. The molecule has 4 aliphatic heterocycles. The van der Waals surface area contributed by atoms with Crippen molar-refractivity contribution in [1.82, 2.24) is 78.1 Å². The van der Waals surface area contributed by atoms with Crippen molar-refractivity contribution in [2.75, 3.05) is 36.8 Å². The maximum absolute atomic E-state index is 13.3. The molecule has 0 bridgehead atoms. The molecule has 4 aromatic carbocycles. The molecule has 12 aromatic rings. The molecular weight excluding hydrogens is 1610 g/mol. The van der Waals surface area contributed by atoms with Crippen LogP contribution in [0.3, 0.4) is 0 Å². The third-order valence-electron chi connectivity index (χ3n) is 23.6. The Labute approximate surface area is 702 Å². The number of rotatable bonds is 22. The molecule has 4 saturated heterocycles. The average Bonchev–Trinajstić information content (AvgIpc) is 1.62. The zero-order valence-corrected chi connectivity index (χ0v) is 73.2. The first kappa shape index (κ1) is 90.1. The van der Waals surface area contributed by atoms with Gasteiger partial charge in [0, 0.05) is 39.0 Å². The zero-order chi connectivity index (χ0) is 88.7. The van der Waals surface area contributed by atoms with E-state index in [-0.39, 0.29) is 112 Å². The maximum atomic E-state index is 13.3. The predicted octanol–water partition coefficient (Wildman–Crippen LogP) is 7.43. The van der Waals surface area contributed by atoms with Crippen LogP contribution in [0.15, 0.2) is 90.7 Å². The average molecular weight is 1710 g/mol. The Hall–Kier alpha value is -11.2. The van der Waals surface area contributed by atoms with Crippen molar-refractivity contribution in [3.8, 4) is 24.3 Å². The number of aryl methyl sites for hydroxylation is 6. The summed E-state index contributed by atoms with van der Waals surface area (Å²) in [4.78, 5) is 148. The number of terminal acetylenes is 1. The van der Waals surface area contributed by atoms with Crippen LogP contribution in [0, 0.1) is 79.1 Å². The fourth-order valence-electron chi connectivity index (χ4n) is 15.9.